The van der Waals surface area contributed by atoms with Gasteiger partial charge in [-0.2, -0.15) is 0 Å². The summed E-state index contributed by atoms with van der Waals surface area (Å²) in [7, 11) is 0. The summed E-state index contributed by atoms with van der Waals surface area (Å²) in [6.07, 6.45) is 4.73. The fourth-order valence-corrected chi connectivity index (χ4v) is 2.83. The third-order valence-corrected chi connectivity index (χ3v) is 4.18. The summed E-state index contributed by atoms with van der Waals surface area (Å²) >= 11 is 0. The van der Waals surface area contributed by atoms with Crippen LogP contribution in [0.1, 0.15) is 35.7 Å². The average Bonchev–Trinajstić information content (AvgIpc) is 2.61. The largest absolute Gasteiger partial charge is 0.507 e. The van der Waals surface area contributed by atoms with Gasteiger partial charge in [0.15, 0.2) is 5.78 Å². The van der Waals surface area contributed by atoms with Crippen LogP contribution in [0.25, 0.3) is 11.1 Å². The molecule has 0 aromatic heterocycles. The number of anilines is 1. The Balaban J connectivity index is 1.99. The molecule has 1 aliphatic carbocycles. The Morgan fingerprint density at radius 1 is 1.16 bits per heavy atom. The number of hydrogen-bond acceptors (Lipinski definition) is 5. The van der Waals surface area contributed by atoms with Gasteiger partial charge in [-0.25, -0.2) is 0 Å². The fourth-order valence-electron chi connectivity index (χ4n) is 2.83. The lowest BCUT2D eigenvalue weighted by molar-refractivity contribution is 0.104. The minimum atomic E-state index is -0.301. The summed E-state index contributed by atoms with van der Waals surface area (Å²) in [4.78, 5) is 12.0. The molecule has 3 rings (SSSR count). The molecule has 0 spiro atoms. The lowest BCUT2D eigenvalue weighted by Crippen LogP contribution is -2.15. The van der Waals surface area contributed by atoms with Crippen LogP contribution in [0.3, 0.4) is 0 Å². The molecule has 0 aliphatic heterocycles. The molecule has 2 aromatic carbocycles. The van der Waals surface area contributed by atoms with Crippen molar-refractivity contribution < 1.29 is 14.6 Å². The zero-order chi connectivity index (χ0) is 18.0. The van der Waals surface area contributed by atoms with E-state index < -0.39 is 0 Å². The Morgan fingerprint density at radius 2 is 1.88 bits per heavy atom. The third kappa shape index (κ3) is 3.13. The van der Waals surface area contributed by atoms with Crippen molar-refractivity contribution in [3.63, 3.8) is 0 Å². The minimum absolute atomic E-state index is 0.0696. The monoisotopic (exact) mass is 336 g/mol. The number of phenols is 1. The van der Waals surface area contributed by atoms with E-state index in [-0.39, 0.29) is 34.1 Å². The molecule has 0 unspecified atom stereocenters. The van der Waals surface area contributed by atoms with Crippen molar-refractivity contribution in [1.82, 2.24) is 0 Å². The molecule has 0 radical (unpaired) electrons. The van der Waals surface area contributed by atoms with Crippen LogP contribution in [-0.4, -0.2) is 23.2 Å². The first-order chi connectivity index (χ1) is 12.0. The zero-order valence-electron chi connectivity index (χ0n) is 14.0. The number of nitrogen functional groups attached to an aromatic ring is 1. The predicted molar refractivity (Wildman–Crippen MR) is 98.7 cm³/mol. The number of carbonyl (C=O) groups is 1. The molecular formula is C20H20N2O3. The quantitative estimate of drug-likeness (QED) is 0.438. The highest BCUT2D eigenvalue weighted by Gasteiger charge is 2.25. The van der Waals surface area contributed by atoms with Crippen LogP contribution in [0.2, 0.25) is 0 Å². The van der Waals surface area contributed by atoms with Gasteiger partial charge in [0.2, 0.25) is 0 Å². The van der Waals surface area contributed by atoms with Crippen LogP contribution in [0.15, 0.2) is 42.5 Å². The number of phenolic OH excluding ortho intramolecular Hbond substituents is 1. The van der Waals surface area contributed by atoms with E-state index in [2.05, 4.69) is 6.92 Å². The van der Waals surface area contributed by atoms with Gasteiger partial charge in [0.05, 0.1) is 23.4 Å². The van der Waals surface area contributed by atoms with E-state index in [1.54, 1.807) is 6.07 Å². The van der Waals surface area contributed by atoms with Gasteiger partial charge >= 0.3 is 0 Å². The SMILES string of the molecule is CCCCOc1ccc(-c2cc(N)c3c(c2O)C(=N)C=CC3=O)cc1. The molecular weight excluding hydrogens is 316 g/mol. The van der Waals surface area contributed by atoms with E-state index in [0.29, 0.717) is 12.2 Å². The molecule has 5 nitrogen and oxygen atoms in total. The van der Waals surface area contributed by atoms with Gasteiger partial charge in [-0.05, 0) is 42.3 Å². The van der Waals surface area contributed by atoms with Crippen molar-refractivity contribution in [3.05, 3.63) is 53.6 Å². The third-order valence-electron chi connectivity index (χ3n) is 4.18. The topological polar surface area (TPSA) is 96.4 Å². The molecule has 0 saturated heterocycles. The number of carbonyl (C=O) groups excluding carboxylic acids is 1. The number of nitrogens with two attached hydrogens (primary N) is 1. The first kappa shape index (κ1) is 16.8. The highest BCUT2D eigenvalue weighted by Crippen LogP contribution is 2.40. The summed E-state index contributed by atoms with van der Waals surface area (Å²) in [5.41, 5.74) is 7.95. The molecule has 0 heterocycles. The highest BCUT2D eigenvalue weighted by molar-refractivity contribution is 6.26. The van der Waals surface area contributed by atoms with E-state index in [1.807, 2.05) is 24.3 Å². The van der Waals surface area contributed by atoms with E-state index in [0.717, 1.165) is 24.2 Å². The van der Waals surface area contributed by atoms with E-state index in [4.69, 9.17) is 15.9 Å². The van der Waals surface area contributed by atoms with E-state index in [9.17, 15) is 9.90 Å². The Bertz CT molecular complexity index is 868. The van der Waals surface area contributed by atoms with Gasteiger partial charge in [-0.1, -0.05) is 25.5 Å². The number of ether oxygens (including phenoxy) is 1. The van der Waals surface area contributed by atoms with Crippen molar-refractivity contribution in [1.29, 1.82) is 5.41 Å². The van der Waals surface area contributed by atoms with Gasteiger partial charge in [-0.3, -0.25) is 4.79 Å². The van der Waals surface area contributed by atoms with Crippen molar-refractivity contribution >= 4 is 17.2 Å². The van der Waals surface area contributed by atoms with Crippen LogP contribution in [0.5, 0.6) is 11.5 Å². The summed E-state index contributed by atoms with van der Waals surface area (Å²) in [5.74, 6) is 0.352. The molecule has 0 bridgehead atoms. The number of allylic oxidation sites excluding steroid dienone is 2. The Morgan fingerprint density at radius 3 is 2.56 bits per heavy atom. The lowest BCUT2D eigenvalue weighted by atomic mass is 9.88. The normalized spacial score (nSPS) is 13.0. The molecule has 1 aliphatic rings. The number of nitrogens with one attached hydrogen (secondary N) is 1. The van der Waals surface area contributed by atoms with Gasteiger partial charge in [0.25, 0.3) is 0 Å². The summed E-state index contributed by atoms with van der Waals surface area (Å²) < 4.78 is 5.64. The smallest absolute Gasteiger partial charge is 0.188 e. The number of unbranched alkanes of at least 4 members (excludes halogenated alkanes) is 1. The summed E-state index contributed by atoms with van der Waals surface area (Å²) in [6, 6.07) is 8.89. The first-order valence-electron chi connectivity index (χ1n) is 8.23. The molecule has 0 atom stereocenters. The lowest BCUT2D eigenvalue weighted by Gasteiger charge is -2.18. The molecule has 0 fully saturated rings. The molecule has 25 heavy (non-hydrogen) atoms. The van der Waals surface area contributed by atoms with Crippen molar-refractivity contribution in [2.24, 2.45) is 0 Å². The Hall–Kier alpha value is -3.08. The van der Waals surface area contributed by atoms with Crippen molar-refractivity contribution in [2.45, 2.75) is 19.8 Å². The minimum Gasteiger partial charge on any atom is -0.507 e. The summed E-state index contributed by atoms with van der Waals surface area (Å²) in [5, 5.41) is 18.6. The van der Waals surface area contributed by atoms with E-state index in [1.165, 1.54) is 12.2 Å². The van der Waals surface area contributed by atoms with Crippen LogP contribution >= 0.6 is 0 Å². The molecule has 128 valence electrons. The zero-order valence-corrected chi connectivity index (χ0v) is 14.0. The standard InChI is InChI=1S/C20H20N2O3/c1-2-3-10-25-13-6-4-12(5-7-13)14-11-16(22)18-17(23)9-8-15(21)19(18)20(14)24/h4-9,11,21,24H,2-3,10,22H2,1H3. The predicted octanol–water partition coefficient (Wildman–Crippen LogP) is 3.94. The fraction of sp³-hybridized carbons (Fsp3) is 0.200. The van der Waals surface area contributed by atoms with Gasteiger partial charge in [0.1, 0.15) is 11.5 Å². The second kappa shape index (κ2) is 6.81. The molecule has 4 N–H and O–H groups in total. The molecule has 5 heteroatoms. The first-order valence-corrected chi connectivity index (χ1v) is 8.23. The number of rotatable bonds is 5. The second-order valence-electron chi connectivity index (χ2n) is 5.95. The summed E-state index contributed by atoms with van der Waals surface area (Å²) in [6.45, 7) is 2.77. The van der Waals surface area contributed by atoms with E-state index >= 15 is 0 Å². The van der Waals surface area contributed by atoms with Crippen LogP contribution < -0.4 is 10.5 Å². The van der Waals surface area contributed by atoms with Gasteiger partial charge < -0.3 is 21.0 Å². The average molecular weight is 336 g/mol. The Labute approximate surface area is 146 Å². The number of hydrogen-bond donors (Lipinski definition) is 3. The maximum atomic E-state index is 12.0. The van der Waals surface area contributed by atoms with Crippen LogP contribution in [0, 0.1) is 5.41 Å². The van der Waals surface area contributed by atoms with Gasteiger partial charge in [-0.15, -0.1) is 0 Å². The molecule has 0 amide bonds. The highest BCUT2D eigenvalue weighted by atomic mass is 16.5. The second-order valence-corrected chi connectivity index (χ2v) is 5.95. The van der Waals surface area contributed by atoms with Gasteiger partial charge in [0, 0.05) is 11.3 Å². The maximum Gasteiger partial charge on any atom is 0.188 e. The van der Waals surface area contributed by atoms with Crippen molar-refractivity contribution in [2.75, 3.05) is 12.3 Å². The van der Waals surface area contributed by atoms with Crippen LogP contribution in [0.4, 0.5) is 5.69 Å². The van der Waals surface area contributed by atoms with Crippen LogP contribution in [-0.2, 0) is 0 Å². The number of ketones is 1. The molecule has 0 saturated carbocycles. The molecule has 2 aromatic rings. The number of fused-ring (bicyclic) bond motifs is 1. The number of benzene rings is 2. The Kier molecular flexibility index (Phi) is 4.57. The maximum absolute atomic E-state index is 12.0. The number of aromatic hydroxyl groups is 1. The van der Waals surface area contributed by atoms with Crippen molar-refractivity contribution in [3.8, 4) is 22.6 Å².